The Morgan fingerprint density at radius 3 is 2.56 bits per heavy atom. The van der Waals surface area contributed by atoms with Crippen LogP contribution in [-0.2, 0) is 6.42 Å². The maximum Gasteiger partial charge on any atom is 0.0526 e. The third kappa shape index (κ3) is 1.93. The van der Waals surface area contributed by atoms with Gasteiger partial charge in [-0.05, 0) is 23.1 Å². The molecule has 0 aliphatic rings. The average molecular weight is 234 g/mol. The number of hydrogen-bond acceptors (Lipinski definition) is 2. The van der Waals surface area contributed by atoms with E-state index in [1.165, 1.54) is 10.8 Å². The van der Waals surface area contributed by atoms with E-state index < -0.39 is 0 Å². The van der Waals surface area contributed by atoms with Crippen molar-refractivity contribution >= 4 is 16.5 Å². The lowest BCUT2D eigenvalue weighted by Crippen LogP contribution is -1.97. The molecule has 0 radical (unpaired) electrons. The van der Waals surface area contributed by atoms with Gasteiger partial charge in [0.15, 0.2) is 0 Å². The Morgan fingerprint density at radius 1 is 0.889 bits per heavy atom. The fraction of sp³-hybridized carbons (Fsp3) is 0.0625. The second-order valence-corrected chi connectivity index (χ2v) is 4.35. The van der Waals surface area contributed by atoms with Crippen LogP contribution < -0.4 is 5.73 Å². The van der Waals surface area contributed by atoms with Crippen molar-refractivity contribution < 1.29 is 0 Å². The summed E-state index contributed by atoms with van der Waals surface area (Å²) in [5.41, 5.74) is 9.01. The first-order valence-corrected chi connectivity index (χ1v) is 6.00. The average Bonchev–Trinajstić information content (AvgIpc) is 2.42. The highest BCUT2D eigenvalue weighted by Crippen LogP contribution is 2.21. The van der Waals surface area contributed by atoms with E-state index in [9.17, 15) is 0 Å². The van der Waals surface area contributed by atoms with Crippen LogP contribution in [0.15, 0.2) is 60.8 Å². The van der Waals surface area contributed by atoms with Crippen molar-refractivity contribution in [3.8, 4) is 0 Å². The molecule has 2 heteroatoms. The Morgan fingerprint density at radius 2 is 1.67 bits per heavy atom. The highest BCUT2D eigenvalue weighted by atomic mass is 14.7. The molecule has 88 valence electrons. The molecule has 0 amide bonds. The van der Waals surface area contributed by atoms with Crippen LogP contribution in [0, 0.1) is 0 Å². The number of para-hydroxylation sites is 1. The number of hydrogen-bond donors (Lipinski definition) is 1. The molecule has 18 heavy (non-hydrogen) atoms. The van der Waals surface area contributed by atoms with E-state index >= 15 is 0 Å². The van der Waals surface area contributed by atoms with Gasteiger partial charge in [0.25, 0.3) is 0 Å². The maximum absolute atomic E-state index is 5.98. The van der Waals surface area contributed by atoms with Gasteiger partial charge < -0.3 is 5.73 Å². The predicted octanol–water partition coefficient (Wildman–Crippen LogP) is 3.41. The molecule has 3 rings (SSSR count). The van der Waals surface area contributed by atoms with Gasteiger partial charge in [-0.2, -0.15) is 0 Å². The van der Waals surface area contributed by atoms with E-state index in [1.807, 2.05) is 42.6 Å². The summed E-state index contributed by atoms with van der Waals surface area (Å²) < 4.78 is 0. The Balaban J connectivity index is 2.08. The molecule has 2 aromatic carbocycles. The number of rotatable bonds is 2. The van der Waals surface area contributed by atoms with Crippen molar-refractivity contribution in [1.82, 2.24) is 4.98 Å². The molecule has 2 nitrogen and oxygen atoms in total. The molecular formula is C16H14N2. The van der Waals surface area contributed by atoms with Crippen molar-refractivity contribution in [3.63, 3.8) is 0 Å². The molecular weight excluding hydrogens is 220 g/mol. The summed E-state index contributed by atoms with van der Waals surface area (Å²) >= 11 is 0. The summed E-state index contributed by atoms with van der Waals surface area (Å²) in [6.45, 7) is 0. The predicted molar refractivity (Wildman–Crippen MR) is 75.4 cm³/mol. The van der Waals surface area contributed by atoms with Gasteiger partial charge in [-0.3, -0.25) is 4.98 Å². The molecule has 2 N–H and O–H groups in total. The molecule has 0 fully saturated rings. The van der Waals surface area contributed by atoms with E-state index in [-0.39, 0.29) is 0 Å². The number of nitrogen functional groups attached to an aromatic ring is 1. The van der Waals surface area contributed by atoms with Crippen LogP contribution >= 0.6 is 0 Å². The fourth-order valence-electron chi connectivity index (χ4n) is 2.20. The van der Waals surface area contributed by atoms with E-state index in [4.69, 9.17) is 5.73 Å². The SMILES string of the molecule is Nc1ccccc1Cc1nccc2ccccc12. The molecule has 1 aromatic heterocycles. The maximum atomic E-state index is 5.98. The zero-order chi connectivity index (χ0) is 12.4. The Labute approximate surface area is 106 Å². The molecule has 0 saturated carbocycles. The first-order chi connectivity index (χ1) is 8.84. The van der Waals surface area contributed by atoms with Crippen molar-refractivity contribution in [3.05, 3.63) is 72.1 Å². The van der Waals surface area contributed by atoms with E-state index in [1.54, 1.807) is 0 Å². The topological polar surface area (TPSA) is 38.9 Å². The van der Waals surface area contributed by atoms with Crippen molar-refractivity contribution in [2.45, 2.75) is 6.42 Å². The van der Waals surface area contributed by atoms with Gasteiger partial charge in [0.1, 0.15) is 0 Å². The molecule has 0 aliphatic carbocycles. The molecule has 0 atom stereocenters. The smallest absolute Gasteiger partial charge is 0.0526 e. The molecule has 0 aliphatic heterocycles. The number of anilines is 1. The van der Waals surface area contributed by atoms with Crippen LogP contribution in [-0.4, -0.2) is 4.98 Å². The minimum Gasteiger partial charge on any atom is -0.398 e. The fourth-order valence-corrected chi connectivity index (χ4v) is 2.20. The first-order valence-electron chi connectivity index (χ1n) is 6.00. The quantitative estimate of drug-likeness (QED) is 0.690. The molecule has 0 saturated heterocycles. The lowest BCUT2D eigenvalue weighted by molar-refractivity contribution is 1.10. The van der Waals surface area contributed by atoms with Crippen LogP contribution in [0.4, 0.5) is 5.69 Å². The van der Waals surface area contributed by atoms with Gasteiger partial charge >= 0.3 is 0 Å². The zero-order valence-electron chi connectivity index (χ0n) is 10.0. The van der Waals surface area contributed by atoms with Gasteiger partial charge in [0.2, 0.25) is 0 Å². The monoisotopic (exact) mass is 234 g/mol. The Bertz CT molecular complexity index is 684. The highest BCUT2D eigenvalue weighted by molar-refractivity contribution is 5.84. The van der Waals surface area contributed by atoms with Crippen molar-refractivity contribution in [2.75, 3.05) is 5.73 Å². The number of nitrogens with zero attached hydrogens (tertiary/aromatic N) is 1. The Kier molecular flexibility index (Phi) is 2.69. The van der Waals surface area contributed by atoms with Crippen molar-refractivity contribution in [2.24, 2.45) is 0 Å². The number of fused-ring (bicyclic) bond motifs is 1. The lowest BCUT2D eigenvalue weighted by atomic mass is 10.0. The summed E-state index contributed by atoms with van der Waals surface area (Å²) in [6.07, 6.45) is 2.63. The summed E-state index contributed by atoms with van der Waals surface area (Å²) in [5, 5.41) is 2.42. The van der Waals surface area contributed by atoms with Crippen LogP contribution in [0.3, 0.4) is 0 Å². The third-order valence-electron chi connectivity index (χ3n) is 3.17. The second kappa shape index (κ2) is 4.49. The van der Waals surface area contributed by atoms with Gasteiger partial charge in [-0.25, -0.2) is 0 Å². The lowest BCUT2D eigenvalue weighted by Gasteiger charge is -2.07. The van der Waals surface area contributed by atoms with E-state index in [0.29, 0.717) is 0 Å². The first kappa shape index (κ1) is 10.8. The molecule has 0 bridgehead atoms. The van der Waals surface area contributed by atoms with E-state index in [2.05, 4.69) is 23.2 Å². The number of aromatic nitrogens is 1. The molecule has 0 spiro atoms. The van der Waals surface area contributed by atoms with Crippen LogP contribution in [0.25, 0.3) is 10.8 Å². The Hall–Kier alpha value is -2.35. The summed E-state index contributed by atoms with van der Waals surface area (Å²) in [4.78, 5) is 4.49. The standard InChI is InChI=1S/C16H14N2/c17-15-8-4-2-6-13(15)11-16-14-7-3-1-5-12(14)9-10-18-16/h1-10H,11,17H2. The number of pyridine rings is 1. The van der Waals surface area contributed by atoms with Gasteiger partial charge in [0.05, 0.1) is 5.69 Å². The van der Waals surface area contributed by atoms with Gasteiger partial charge in [-0.15, -0.1) is 0 Å². The largest absolute Gasteiger partial charge is 0.398 e. The van der Waals surface area contributed by atoms with Crippen LogP contribution in [0.5, 0.6) is 0 Å². The normalized spacial score (nSPS) is 10.7. The minimum absolute atomic E-state index is 0.772. The molecule has 1 heterocycles. The summed E-state index contributed by atoms with van der Waals surface area (Å²) in [7, 11) is 0. The number of nitrogens with two attached hydrogens (primary N) is 1. The summed E-state index contributed by atoms with van der Waals surface area (Å²) in [6, 6.07) is 18.3. The third-order valence-corrected chi connectivity index (χ3v) is 3.17. The van der Waals surface area contributed by atoms with Crippen molar-refractivity contribution in [1.29, 1.82) is 0 Å². The van der Waals surface area contributed by atoms with E-state index in [0.717, 1.165) is 23.4 Å². The second-order valence-electron chi connectivity index (χ2n) is 4.35. The molecule has 3 aromatic rings. The van der Waals surface area contributed by atoms with Crippen LogP contribution in [0.1, 0.15) is 11.3 Å². The summed E-state index contributed by atoms with van der Waals surface area (Å²) in [5.74, 6) is 0. The van der Waals surface area contributed by atoms with Crippen LogP contribution in [0.2, 0.25) is 0 Å². The van der Waals surface area contributed by atoms with Gasteiger partial charge in [-0.1, -0.05) is 42.5 Å². The molecule has 0 unspecified atom stereocenters. The zero-order valence-corrected chi connectivity index (χ0v) is 10.0. The number of benzene rings is 2. The highest BCUT2D eigenvalue weighted by Gasteiger charge is 2.05. The minimum atomic E-state index is 0.772. The van der Waals surface area contributed by atoms with Gasteiger partial charge in [0, 0.05) is 23.7 Å².